The molecule has 0 heterocycles. The van der Waals surface area contributed by atoms with Crippen LogP contribution in [0.4, 0.5) is 0 Å². The molecular weight excluding hydrogens is 222 g/mol. The fraction of sp³-hybridized carbons (Fsp3) is 1.00. The van der Waals surface area contributed by atoms with Crippen LogP contribution in [0.25, 0.3) is 0 Å². The Kier molecular flexibility index (Phi) is 4.71. The average Bonchev–Trinajstić information content (AvgIpc) is 2.33. The first-order chi connectivity index (χ1) is 8.62. The molecule has 0 radical (unpaired) electrons. The normalized spacial score (nSPS) is 37.8. The van der Waals surface area contributed by atoms with Crippen LogP contribution in [0.2, 0.25) is 0 Å². The van der Waals surface area contributed by atoms with Gasteiger partial charge in [-0.2, -0.15) is 0 Å². The zero-order chi connectivity index (χ0) is 13.1. The van der Waals surface area contributed by atoms with Gasteiger partial charge in [0.2, 0.25) is 0 Å². The van der Waals surface area contributed by atoms with E-state index in [2.05, 4.69) is 6.92 Å². The Balaban J connectivity index is 2.12. The molecule has 0 amide bonds. The van der Waals surface area contributed by atoms with Crippen molar-refractivity contribution in [2.75, 3.05) is 6.54 Å². The zero-order valence-corrected chi connectivity index (χ0v) is 12.1. The molecular formula is C16H31NO. The highest BCUT2D eigenvalue weighted by Gasteiger charge is 2.49. The molecule has 3 N–H and O–H groups in total. The molecule has 18 heavy (non-hydrogen) atoms. The molecule has 2 aliphatic rings. The maximum Gasteiger partial charge on any atom is 0.0716 e. The number of aliphatic hydroxyl groups is 1. The van der Waals surface area contributed by atoms with Gasteiger partial charge in [-0.15, -0.1) is 0 Å². The lowest BCUT2D eigenvalue weighted by molar-refractivity contribution is -0.123. The molecule has 0 aromatic heterocycles. The van der Waals surface area contributed by atoms with E-state index >= 15 is 0 Å². The summed E-state index contributed by atoms with van der Waals surface area (Å²) in [5.41, 5.74) is 5.70. The highest BCUT2D eigenvalue weighted by atomic mass is 16.3. The standard InChI is InChI=1S/C16H31NO/c1-14-7-11-16(18,12-8-14)15(13-17)9-5-3-2-4-6-10-15/h14,18H,2-13,17H2,1H3. The molecule has 0 saturated heterocycles. The lowest BCUT2D eigenvalue weighted by Crippen LogP contribution is -2.54. The topological polar surface area (TPSA) is 46.2 Å². The molecule has 0 bridgehead atoms. The van der Waals surface area contributed by atoms with Gasteiger partial charge in [-0.1, -0.05) is 39.0 Å². The van der Waals surface area contributed by atoms with Crippen molar-refractivity contribution >= 4 is 0 Å². The van der Waals surface area contributed by atoms with Crippen molar-refractivity contribution in [1.29, 1.82) is 0 Å². The van der Waals surface area contributed by atoms with E-state index < -0.39 is 5.60 Å². The lowest BCUT2D eigenvalue weighted by Gasteiger charge is -2.51. The van der Waals surface area contributed by atoms with E-state index in [9.17, 15) is 5.11 Å². The largest absolute Gasteiger partial charge is 0.389 e. The van der Waals surface area contributed by atoms with Crippen molar-refractivity contribution in [2.24, 2.45) is 17.1 Å². The molecule has 2 nitrogen and oxygen atoms in total. The zero-order valence-electron chi connectivity index (χ0n) is 12.1. The monoisotopic (exact) mass is 253 g/mol. The van der Waals surface area contributed by atoms with Crippen molar-refractivity contribution in [3.63, 3.8) is 0 Å². The molecule has 2 saturated carbocycles. The Hall–Kier alpha value is -0.0800. The summed E-state index contributed by atoms with van der Waals surface area (Å²) in [5.74, 6) is 0.786. The van der Waals surface area contributed by atoms with Crippen molar-refractivity contribution in [2.45, 2.75) is 83.2 Å². The van der Waals surface area contributed by atoms with Gasteiger partial charge in [0, 0.05) is 12.0 Å². The Morgan fingerprint density at radius 3 is 1.94 bits per heavy atom. The predicted octanol–water partition coefficient (Wildman–Crippen LogP) is 3.62. The fourth-order valence-electron chi connectivity index (χ4n) is 4.21. The van der Waals surface area contributed by atoms with Crippen molar-refractivity contribution in [1.82, 2.24) is 0 Å². The third-order valence-corrected chi connectivity index (χ3v) is 5.79. The lowest BCUT2D eigenvalue weighted by atomic mass is 9.59. The maximum atomic E-state index is 11.2. The second-order valence-electron chi connectivity index (χ2n) is 6.97. The molecule has 0 aliphatic heterocycles. The van der Waals surface area contributed by atoms with Gasteiger partial charge in [-0.25, -0.2) is 0 Å². The Morgan fingerprint density at radius 1 is 0.944 bits per heavy atom. The van der Waals surface area contributed by atoms with Gasteiger partial charge in [0.15, 0.2) is 0 Å². The van der Waals surface area contributed by atoms with Gasteiger partial charge >= 0.3 is 0 Å². The predicted molar refractivity (Wildman–Crippen MR) is 76.4 cm³/mol. The van der Waals surface area contributed by atoms with Crippen molar-refractivity contribution in [3.8, 4) is 0 Å². The first-order valence-corrected chi connectivity index (χ1v) is 8.04. The molecule has 106 valence electrons. The summed E-state index contributed by atoms with van der Waals surface area (Å²) < 4.78 is 0. The van der Waals surface area contributed by atoms with Crippen LogP contribution >= 0.6 is 0 Å². The Bertz CT molecular complexity index is 248. The van der Waals surface area contributed by atoms with E-state index in [1.54, 1.807) is 0 Å². The highest BCUT2D eigenvalue weighted by Crippen LogP contribution is 2.50. The highest BCUT2D eigenvalue weighted by molar-refractivity contribution is 5.02. The Morgan fingerprint density at radius 2 is 1.44 bits per heavy atom. The van der Waals surface area contributed by atoms with Crippen molar-refractivity contribution in [3.05, 3.63) is 0 Å². The molecule has 0 spiro atoms. The summed E-state index contributed by atoms with van der Waals surface area (Å²) in [4.78, 5) is 0. The summed E-state index contributed by atoms with van der Waals surface area (Å²) in [6, 6.07) is 0. The van der Waals surface area contributed by atoms with E-state index in [0.29, 0.717) is 6.54 Å². The summed E-state index contributed by atoms with van der Waals surface area (Å²) in [7, 11) is 0. The van der Waals surface area contributed by atoms with Crippen LogP contribution in [0.15, 0.2) is 0 Å². The number of nitrogens with two attached hydrogens (primary N) is 1. The van der Waals surface area contributed by atoms with E-state index in [-0.39, 0.29) is 5.41 Å². The maximum absolute atomic E-state index is 11.2. The summed E-state index contributed by atoms with van der Waals surface area (Å²) in [6.45, 7) is 2.99. The molecule has 0 atom stereocenters. The van der Waals surface area contributed by atoms with Gasteiger partial charge in [-0.3, -0.25) is 0 Å². The molecule has 2 aliphatic carbocycles. The number of rotatable bonds is 2. The van der Waals surface area contributed by atoms with Crippen LogP contribution in [0.5, 0.6) is 0 Å². The summed E-state index contributed by atoms with van der Waals surface area (Å²) in [6.07, 6.45) is 13.2. The second kappa shape index (κ2) is 5.92. The minimum atomic E-state index is -0.467. The van der Waals surface area contributed by atoms with Gasteiger partial charge in [0.25, 0.3) is 0 Å². The minimum absolute atomic E-state index is 0.0214. The van der Waals surface area contributed by atoms with Gasteiger partial charge in [0.1, 0.15) is 0 Å². The first kappa shape index (κ1) is 14.3. The van der Waals surface area contributed by atoms with Gasteiger partial charge < -0.3 is 10.8 Å². The van der Waals surface area contributed by atoms with Crippen LogP contribution < -0.4 is 5.73 Å². The average molecular weight is 253 g/mol. The molecule has 0 unspecified atom stereocenters. The summed E-state index contributed by atoms with van der Waals surface area (Å²) in [5, 5.41) is 11.2. The quantitative estimate of drug-likeness (QED) is 0.789. The van der Waals surface area contributed by atoms with Crippen LogP contribution in [0, 0.1) is 11.3 Å². The SMILES string of the molecule is CC1CCC(O)(C2(CN)CCCCCCC2)CC1. The van der Waals surface area contributed by atoms with E-state index in [4.69, 9.17) is 5.73 Å². The van der Waals surface area contributed by atoms with Crippen LogP contribution in [0.1, 0.15) is 77.6 Å². The van der Waals surface area contributed by atoms with E-state index in [1.165, 1.54) is 44.9 Å². The molecule has 0 aromatic carbocycles. The first-order valence-electron chi connectivity index (χ1n) is 8.04. The van der Waals surface area contributed by atoms with Gasteiger partial charge in [0.05, 0.1) is 5.60 Å². The Labute approximate surface area is 112 Å². The smallest absolute Gasteiger partial charge is 0.0716 e. The van der Waals surface area contributed by atoms with Crippen LogP contribution in [-0.4, -0.2) is 17.3 Å². The van der Waals surface area contributed by atoms with Crippen molar-refractivity contribution < 1.29 is 5.11 Å². The molecule has 2 fully saturated rings. The molecule has 0 aromatic rings. The summed E-state index contributed by atoms with van der Waals surface area (Å²) >= 11 is 0. The van der Waals surface area contributed by atoms with E-state index in [0.717, 1.165) is 31.6 Å². The third-order valence-electron chi connectivity index (χ3n) is 5.79. The minimum Gasteiger partial charge on any atom is -0.389 e. The fourth-order valence-corrected chi connectivity index (χ4v) is 4.21. The van der Waals surface area contributed by atoms with Crippen LogP contribution in [0.3, 0.4) is 0 Å². The van der Waals surface area contributed by atoms with E-state index in [1.807, 2.05) is 0 Å². The third kappa shape index (κ3) is 2.75. The molecule has 2 heteroatoms. The van der Waals surface area contributed by atoms with Crippen LogP contribution in [-0.2, 0) is 0 Å². The van der Waals surface area contributed by atoms with Gasteiger partial charge in [-0.05, 0) is 44.4 Å². The number of hydrogen-bond acceptors (Lipinski definition) is 2. The second-order valence-corrected chi connectivity index (χ2v) is 6.97. The molecule has 2 rings (SSSR count). The number of hydrogen-bond donors (Lipinski definition) is 2.